The largest absolute Gasteiger partial charge is 0.395 e. The molecule has 0 radical (unpaired) electrons. The first-order valence-electron chi connectivity index (χ1n) is 6.81. The summed E-state index contributed by atoms with van der Waals surface area (Å²) in [6, 6.07) is -0.645. The first-order chi connectivity index (χ1) is 9.26. The number of aliphatic hydroxyl groups is 1. The molecule has 0 spiro atoms. The predicted molar refractivity (Wildman–Crippen MR) is 72.9 cm³/mol. The van der Waals surface area contributed by atoms with Crippen molar-refractivity contribution < 1.29 is 19.5 Å². The summed E-state index contributed by atoms with van der Waals surface area (Å²) < 4.78 is 0. The number of rotatable bonds is 6. The van der Waals surface area contributed by atoms with Gasteiger partial charge in [-0.1, -0.05) is 6.92 Å². The zero-order valence-corrected chi connectivity index (χ0v) is 12.5. The topological polar surface area (TPSA) is 90.0 Å². The molecule has 7 heteroatoms. The molecule has 0 bridgehead atoms. The van der Waals surface area contributed by atoms with Crippen LogP contribution in [-0.4, -0.2) is 64.0 Å². The third-order valence-corrected chi connectivity index (χ3v) is 3.63. The van der Waals surface area contributed by atoms with E-state index < -0.39 is 11.6 Å². The van der Waals surface area contributed by atoms with Gasteiger partial charge in [-0.25, -0.2) is 4.79 Å². The molecule has 1 atom stereocenters. The lowest BCUT2D eigenvalue weighted by atomic mass is 9.99. The van der Waals surface area contributed by atoms with Gasteiger partial charge in [0.05, 0.1) is 6.61 Å². The van der Waals surface area contributed by atoms with Gasteiger partial charge in [-0.15, -0.1) is 0 Å². The fraction of sp³-hybridized carbons (Fsp3) is 0.769. The van der Waals surface area contributed by atoms with Gasteiger partial charge in [-0.05, 0) is 27.2 Å². The van der Waals surface area contributed by atoms with Crippen molar-refractivity contribution in [2.24, 2.45) is 0 Å². The molecule has 1 unspecified atom stereocenters. The molecule has 1 fully saturated rings. The number of nitrogens with zero attached hydrogens (tertiary/aromatic N) is 2. The van der Waals surface area contributed by atoms with Gasteiger partial charge in [0.15, 0.2) is 0 Å². The van der Waals surface area contributed by atoms with E-state index in [9.17, 15) is 14.4 Å². The van der Waals surface area contributed by atoms with Crippen LogP contribution in [0.15, 0.2) is 0 Å². The molecule has 20 heavy (non-hydrogen) atoms. The Morgan fingerprint density at radius 1 is 1.45 bits per heavy atom. The van der Waals surface area contributed by atoms with E-state index in [4.69, 9.17) is 5.11 Å². The molecule has 114 valence electrons. The molecule has 1 heterocycles. The van der Waals surface area contributed by atoms with Gasteiger partial charge in [0.1, 0.15) is 12.1 Å². The SMILES string of the molecule is CCC1(C)NC(=O)N(CC(=O)N(CCO)C(C)C)C1=O. The van der Waals surface area contributed by atoms with Gasteiger partial charge >= 0.3 is 6.03 Å². The van der Waals surface area contributed by atoms with Crippen molar-refractivity contribution >= 4 is 17.8 Å². The van der Waals surface area contributed by atoms with Crippen LogP contribution >= 0.6 is 0 Å². The van der Waals surface area contributed by atoms with E-state index >= 15 is 0 Å². The molecule has 7 nitrogen and oxygen atoms in total. The van der Waals surface area contributed by atoms with Crippen LogP contribution in [-0.2, 0) is 9.59 Å². The summed E-state index contributed by atoms with van der Waals surface area (Å²) in [5, 5.41) is 11.6. The van der Waals surface area contributed by atoms with Gasteiger partial charge in [-0.2, -0.15) is 0 Å². The molecule has 0 aromatic rings. The van der Waals surface area contributed by atoms with E-state index in [1.54, 1.807) is 13.8 Å². The minimum Gasteiger partial charge on any atom is -0.395 e. The number of urea groups is 1. The van der Waals surface area contributed by atoms with Gasteiger partial charge in [0.2, 0.25) is 5.91 Å². The maximum absolute atomic E-state index is 12.2. The first kappa shape index (κ1) is 16.4. The minimum atomic E-state index is -0.934. The van der Waals surface area contributed by atoms with E-state index in [1.165, 1.54) is 4.90 Å². The van der Waals surface area contributed by atoms with Crippen LogP contribution in [0.4, 0.5) is 4.79 Å². The standard InChI is InChI=1S/C13H23N3O4/c1-5-13(4)11(19)16(12(20)14-13)8-10(18)15(6-7-17)9(2)3/h9,17H,5-8H2,1-4H3,(H,14,20). The Kier molecular flexibility index (Phi) is 5.10. The number of imide groups is 1. The summed E-state index contributed by atoms with van der Waals surface area (Å²) in [4.78, 5) is 38.5. The summed E-state index contributed by atoms with van der Waals surface area (Å²) in [5.74, 6) is -0.732. The number of amides is 4. The molecule has 0 aromatic heterocycles. The smallest absolute Gasteiger partial charge is 0.325 e. The molecule has 1 aliphatic heterocycles. The van der Waals surface area contributed by atoms with Crippen molar-refractivity contribution in [1.82, 2.24) is 15.1 Å². The van der Waals surface area contributed by atoms with Gasteiger partial charge in [-0.3, -0.25) is 14.5 Å². The van der Waals surface area contributed by atoms with E-state index in [1.807, 2.05) is 13.8 Å². The zero-order valence-electron chi connectivity index (χ0n) is 12.5. The summed E-state index contributed by atoms with van der Waals surface area (Å²) in [7, 11) is 0. The fourth-order valence-electron chi connectivity index (χ4n) is 2.13. The Balaban J connectivity index is 2.80. The van der Waals surface area contributed by atoms with Crippen molar-refractivity contribution in [3.63, 3.8) is 0 Å². The molecule has 1 aliphatic rings. The third kappa shape index (κ3) is 3.09. The number of carbonyl (C=O) groups is 3. The maximum atomic E-state index is 12.2. The minimum absolute atomic E-state index is 0.104. The molecule has 0 aliphatic carbocycles. The molecule has 0 aromatic carbocycles. The monoisotopic (exact) mass is 285 g/mol. The van der Waals surface area contributed by atoms with Crippen LogP contribution < -0.4 is 5.32 Å². The van der Waals surface area contributed by atoms with E-state index in [2.05, 4.69) is 5.32 Å². The molecular weight excluding hydrogens is 262 g/mol. The number of hydrogen-bond donors (Lipinski definition) is 2. The summed E-state index contributed by atoms with van der Waals surface area (Å²) in [6.45, 7) is 6.81. The quantitative estimate of drug-likeness (QED) is 0.669. The predicted octanol–water partition coefficient (Wildman–Crippen LogP) is -0.0638. The zero-order chi connectivity index (χ0) is 15.5. The lowest BCUT2D eigenvalue weighted by Gasteiger charge is -2.27. The Bertz CT molecular complexity index is 410. The average Bonchev–Trinajstić information content (AvgIpc) is 2.59. The number of nitrogens with one attached hydrogen (secondary N) is 1. The molecule has 0 saturated carbocycles. The van der Waals surface area contributed by atoms with Crippen molar-refractivity contribution in [2.75, 3.05) is 19.7 Å². The van der Waals surface area contributed by atoms with Crippen LogP contribution in [0.5, 0.6) is 0 Å². The van der Waals surface area contributed by atoms with Gasteiger partial charge in [0, 0.05) is 12.6 Å². The molecule has 1 rings (SSSR count). The lowest BCUT2D eigenvalue weighted by Crippen LogP contribution is -2.47. The highest BCUT2D eigenvalue weighted by molar-refractivity contribution is 6.08. The molecule has 4 amide bonds. The Morgan fingerprint density at radius 2 is 2.05 bits per heavy atom. The molecule has 1 saturated heterocycles. The van der Waals surface area contributed by atoms with Gasteiger partial charge < -0.3 is 15.3 Å². The average molecular weight is 285 g/mol. The van der Waals surface area contributed by atoms with Crippen LogP contribution in [0.3, 0.4) is 0 Å². The summed E-state index contributed by atoms with van der Waals surface area (Å²) in [6.07, 6.45) is 0.465. The first-order valence-corrected chi connectivity index (χ1v) is 6.81. The number of carbonyl (C=O) groups excluding carboxylic acids is 3. The Morgan fingerprint density at radius 3 is 2.45 bits per heavy atom. The molecule has 2 N–H and O–H groups in total. The number of aliphatic hydroxyl groups excluding tert-OH is 1. The van der Waals surface area contributed by atoms with Crippen molar-refractivity contribution in [2.45, 2.75) is 45.7 Å². The van der Waals surface area contributed by atoms with Crippen LogP contribution in [0, 0.1) is 0 Å². The van der Waals surface area contributed by atoms with Crippen molar-refractivity contribution in [1.29, 1.82) is 0 Å². The van der Waals surface area contributed by atoms with Crippen LogP contribution in [0.25, 0.3) is 0 Å². The highest BCUT2D eigenvalue weighted by atomic mass is 16.3. The van der Waals surface area contributed by atoms with E-state index in [0.29, 0.717) is 6.42 Å². The normalized spacial score (nSPS) is 22.4. The second kappa shape index (κ2) is 6.21. The van der Waals surface area contributed by atoms with Crippen molar-refractivity contribution in [3.05, 3.63) is 0 Å². The van der Waals surface area contributed by atoms with Crippen LogP contribution in [0.1, 0.15) is 34.1 Å². The summed E-state index contributed by atoms with van der Waals surface area (Å²) in [5.41, 5.74) is -0.934. The second-order valence-corrected chi connectivity index (χ2v) is 5.41. The van der Waals surface area contributed by atoms with Crippen molar-refractivity contribution in [3.8, 4) is 0 Å². The Labute approximate surface area is 118 Å². The lowest BCUT2D eigenvalue weighted by molar-refractivity contribution is -0.140. The van der Waals surface area contributed by atoms with E-state index in [0.717, 1.165) is 4.90 Å². The Hall–Kier alpha value is -1.63. The maximum Gasteiger partial charge on any atom is 0.325 e. The summed E-state index contributed by atoms with van der Waals surface area (Å²) >= 11 is 0. The highest BCUT2D eigenvalue weighted by Gasteiger charge is 2.47. The van der Waals surface area contributed by atoms with E-state index in [-0.39, 0.29) is 37.6 Å². The second-order valence-electron chi connectivity index (χ2n) is 5.41. The van der Waals surface area contributed by atoms with Gasteiger partial charge in [0.25, 0.3) is 5.91 Å². The van der Waals surface area contributed by atoms with Crippen LogP contribution in [0.2, 0.25) is 0 Å². The number of hydrogen-bond acceptors (Lipinski definition) is 4. The highest BCUT2D eigenvalue weighted by Crippen LogP contribution is 2.20. The fourth-order valence-corrected chi connectivity index (χ4v) is 2.13. The molecular formula is C13H23N3O4. The third-order valence-electron chi connectivity index (χ3n) is 3.63.